The fourth-order valence-corrected chi connectivity index (χ4v) is 4.24. The molecular formula is C15H21ClN2O2. The number of nitrogens with zero attached hydrogens (tertiary/aromatic N) is 2. The lowest BCUT2D eigenvalue weighted by molar-refractivity contribution is 0.0255. The molecule has 3 unspecified atom stereocenters. The lowest BCUT2D eigenvalue weighted by atomic mass is 9.70. The molecule has 5 heteroatoms. The minimum atomic E-state index is 0.163. The normalized spacial score (nSPS) is 34.2. The summed E-state index contributed by atoms with van der Waals surface area (Å²) in [7, 11) is 1.56. The van der Waals surface area contributed by atoms with E-state index < -0.39 is 0 Å². The molecule has 0 aromatic carbocycles. The third-order valence-electron chi connectivity index (χ3n) is 5.90. The molecule has 0 radical (unpaired) electrons. The molecule has 1 aromatic heterocycles. The number of fused-ring (bicyclic) bond motifs is 2. The van der Waals surface area contributed by atoms with Crippen LogP contribution in [0.3, 0.4) is 0 Å². The van der Waals surface area contributed by atoms with Crippen molar-refractivity contribution in [3.8, 4) is 11.6 Å². The third-order valence-corrected chi connectivity index (χ3v) is 6.17. The van der Waals surface area contributed by atoms with Gasteiger partial charge < -0.3 is 9.47 Å². The first-order chi connectivity index (χ1) is 9.40. The van der Waals surface area contributed by atoms with Crippen molar-refractivity contribution in [3.05, 3.63) is 11.5 Å². The maximum atomic E-state index is 6.19. The van der Waals surface area contributed by atoms with Gasteiger partial charge in [0.15, 0.2) is 5.15 Å². The summed E-state index contributed by atoms with van der Waals surface area (Å²) in [5.41, 5.74) is 0.488. The smallest absolute Gasteiger partial charge is 0.262 e. The monoisotopic (exact) mass is 296 g/mol. The van der Waals surface area contributed by atoms with E-state index in [1.54, 1.807) is 7.11 Å². The van der Waals surface area contributed by atoms with E-state index >= 15 is 0 Å². The lowest BCUT2D eigenvalue weighted by Crippen LogP contribution is -2.39. The van der Waals surface area contributed by atoms with Crippen LogP contribution < -0.4 is 9.47 Å². The summed E-state index contributed by atoms with van der Waals surface area (Å²) < 4.78 is 11.5. The maximum Gasteiger partial charge on any atom is 0.262 e. The van der Waals surface area contributed by atoms with Crippen molar-refractivity contribution in [1.29, 1.82) is 0 Å². The van der Waals surface area contributed by atoms with Gasteiger partial charge in [-0.25, -0.2) is 4.98 Å². The van der Waals surface area contributed by atoms with Gasteiger partial charge in [0.05, 0.1) is 7.11 Å². The summed E-state index contributed by atoms with van der Waals surface area (Å²) in [6.45, 7) is 7.05. The van der Waals surface area contributed by atoms with Crippen LogP contribution in [0.4, 0.5) is 0 Å². The number of hydrogen-bond acceptors (Lipinski definition) is 4. The molecule has 2 bridgehead atoms. The first-order valence-electron chi connectivity index (χ1n) is 7.11. The topological polar surface area (TPSA) is 44.2 Å². The highest BCUT2D eigenvalue weighted by atomic mass is 35.5. The number of aromatic nitrogens is 2. The number of methoxy groups -OCH3 is 1. The lowest BCUT2D eigenvalue weighted by Gasteiger charge is -2.38. The largest absolute Gasteiger partial charge is 0.489 e. The SMILES string of the molecule is COc1c(Cl)ncnc1OC1CC2CCC1(C)C2(C)C. The van der Waals surface area contributed by atoms with Gasteiger partial charge >= 0.3 is 0 Å². The molecule has 1 aromatic rings. The van der Waals surface area contributed by atoms with Crippen LogP contribution in [-0.2, 0) is 0 Å². The van der Waals surface area contributed by atoms with Crippen molar-refractivity contribution in [2.24, 2.45) is 16.7 Å². The molecule has 4 nitrogen and oxygen atoms in total. The number of hydrogen-bond donors (Lipinski definition) is 0. The van der Waals surface area contributed by atoms with Crippen LogP contribution in [-0.4, -0.2) is 23.2 Å². The molecule has 0 amide bonds. The molecule has 2 fully saturated rings. The molecule has 3 rings (SSSR count). The average Bonchev–Trinajstić information content (AvgIpc) is 2.72. The van der Waals surface area contributed by atoms with E-state index in [0.717, 1.165) is 12.3 Å². The minimum absolute atomic E-state index is 0.163. The van der Waals surface area contributed by atoms with Crippen molar-refractivity contribution in [3.63, 3.8) is 0 Å². The van der Waals surface area contributed by atoms with Gasteiger partial charge in [-0.15, -0.1) is 0 Å². The fraction of sp³-hybridized carbons (Fsp3) is 0.733. The van der Waals surface area contributed by atoms with E-state index in [4.69, 9.17) is 21.1 Å². The van der Waals surface area contributed by atoms with Crippen molar-refractivity contribution < 1.29 is 9.47 Å². The molecule has 0 saturated heterocycles. The Hall–Kier alpha value is -1.03. The van der Waals surface area contributed by atoms with Crippen molar-refractivity contribution in [1.82, 2.24) is 9.97 Å². The number of ether oxygens (including phenoxy) is 2. The summed E-state index contributed by atoms with van der Waals surface area (Å²) in [6.07, 6.45) is 5.16. The van der Waals surface area contributed by atoms with Crippen molar-refractivity contribution in [2.75, 3.05) is 7.11 Å². The van der Waals surface area contributed by atoms with E-state index in [1.807, 2.05) is 0 Å². The quantitative estimate of drug-likeness (QED) is 0.797. The zero-order valence-electron chi connectivity index (χ0n) is 12.4. The van der Waals surface area contributed by atoms with Gasteiger partial charge in [0.2, 0.25) is 5.75 Å². The van der Waals surface area contributed by atoms with Crippen LogP contribution in [0.25, 0.3) is 0 Å². The highest BCUT2D eigenvalue weighted by molar-refractivity contribution is 6.31. The Bertz CT molecular complexity index is 535. The van der Waals surface area contributed by atoms with E-state index in [1.165, 1.54) is 19.2 Å². The average molecular weight is 297 g/mol. The predicted octanol–water partition coefficient (Wildman–Crippen LogP) is 3.73. The summed E-state index contributed by atoms with van der Waals surface area (Å²) in [4.78, 5) is 8.12. The molecule has 0 spiro atoms. The summed E-state index contributed by atoms with van der Waals surface area (Å²) in [6, 6.07) is 0. The van der Waals surface area contributed by atoms with E-state index in [2.05, 4.69) is 30.7 Å². The summed E-state index contributed by atoms with van der Waals surface area (Å²) in [5.74, 6) is 1.61. The first-order valence-corrected chi connectivity index (χ1v) is 7.49. The van der Waals surface area contributed by atoms with E-state index in [-0.39, 0.29) is 11.5 Å². The van der Waals surface area contributed by atoms with Crippen LogP contribution in [0.15, 0.2) is 6.33 Å². The zero-order chi connectivity index (χ0) is 14.5. The second kappa shape index (κ2) is 4.48. The minimum Gasteiger partial charge on any atom is -0.489 e. The van der Waals surface area contributed by atoms with Crippen molar-refractivity contribution in [2.45, 2.75) is 46.1 Å². The van der Waals surface area contributed by atoms with Gasteiger partial charge in [-0.05, 0) is 30.6 Å². The van der Waals surface area contributed by atoms with E-state index in [0.29, 0.717) is 22.2 Å². The Morgan fingerprint density at radius 2 is 2.05 bits per heavy atom. The molecule has 0 aliphatic heterocycles. The molecule has 2 saturated carbocycles. The molecule has 110 valence electrons. The van der Waals surface area contributed by atoms with Crippen LogP contribution >= 0.6 is 11.6 Å². The van der Waals surface area contributed by atoms with Crippen molar-refractivity contribution >= 4 is 11.6 Å². The third kappa shape index (κ3) is 1.73. The van der Waals surface area contributed by atoms with Crippen LogP contribution in [0, 0.1) is 16.7 Å². The van der Waals surface area contributed by atoms with Gasteiger partial charge in [0.1, 0.15) is 12.4 Å². The van der Waals surface area contributed by atoms with Gasteiger partial charge in [0, 0.05) is 5.41 Å². The molecule has 3 atom stereocenters. The molecule has 0 N–H and O–H groups in total. The highest BCUT2D eigenvalue weighted by Crippen LogP contribution is 2.66. The number of halogens is 1. The molecule has 20 heavy (non-hydrogen) atoms. The summed E-state index contributed by atoms with van der Waals surface area (Å²) in [5, 5.41) is 0.296. The van der Waals surface area contributed by atoms with Crippen LogP contribution in [0.5, 0.6) is 11.6 Å². The fourth-order valence-electron chi connectivity index (χ4n) is 4.04. The van der Waals surface area contributed by atoms with Gasteiger partial charge in [-0.1, -0.05) is 32.4 Å². The summed E-state index contributed by atoms with van der Waals surface area (Å²) >= 11 is 6.03. The standard InChI is InChI=1S/C15H21ClN2O2/c1-14(2)9-5-6-15(14,3)10(7-9)20-13-11(19-4)12(16)17-8-18-13/h8-10H,5-7H2,1-4H3. The Labute approximate surface area is 124 Å². The van der Waals surface area contributed by atoms with Gasteiger partial charge in [-0.3, -0.25) is 0 Å². The first kappa shape index (κ1) is 13.9. The van der Waals surface area contributed by atoms with E-state index in [9.17, 15) is 0 Å². The van der Waals surface area contributed by atoms with Gasteiger partial charge in [0.25, 0.3) is 5.88 Å². The zero-order valence-corrected chi connectivity index (χ0v) is 13.2. The highest BCUT2D eigenvalue weighted by Gasteiger charge is 2.62. The second-order valence-electron chi connectivity index (χ2n) is 6.72. The Morgan fingerprint density at radius 3 is 2.60 bits per heavy atom. The van der Waals surface area contributed by atoms with Crippen LogP contribution in [0.2, 0.25) is 5.15 Å². The number of rotatable bonds is 3. The molecule has 2 aliphatic rings. The van der Waals surface area contributed by atoms with Crippen LogP contribution in [0.1, 0.15) is 40.0 Å². The molecule has 1 heterocycles. The second-order valence-corrected chi connectivity index (χ2v) is 7.08. The Morgan fingerprint density at radius 1 is 1.30 bits per heavy atom. The predicted molar refractivity (Wildman–Crippen MR) is 77.2 cm³/mol. The molecular weight excluding hydrogens is 276 g/mol. The Kier molecular flexibility index (Phi) is 3.12. The van der Waals surface area contributed by atoms with Gasteiger partial charge in [-0.2, -0.15) is 4.98 Å². The maximum absolute atomic E-state index is 6.19. The molecule has 2 aliphatic carbocycles. The Balaban J connectivity index is 1.89.